The van der Waals surface area contributed by atoms with Crippen molar-refractivity contribution >= 4 is 28.4 Å². The highest BCUT2D eigenvalue weighted by Gasteiger charge is 2.29. The van der Waals surface area contributed by atoms with Crippen LogP contribution in [0.1, 0.15) is 36.7 Å². The van der Waals surface area contributed by atoms with Gasteiger partial charge in [-0.2, -0.15) is 0 Å². The standard InChI is InChI=1S/C22H30N4O3/c1-2-8-26-19-6-5-18(24-21(27)16-3-4-16)14-17(19)15-20(26)22(28)23-7-9-25-10-12-29-13-11-25/h5-6,14-16H,2-4,7-13H2,1H3,(H,23,28)(H,24,27). The van der Waals surface area contributed by atoms with Crippen molar-refractivity contribution in [1.82, 2.24) is 14.8 Å². The van der Waals surface area contributed by atoms with Crippen molar-refractivity contribution in [2.75, 3.05) is 44.7 Å². The van der Waals surface area contributed by atoms with Gasteiger partial charge >= 0.3 is 0 Å². The highest BCUT2D eigenvalue weighted by Crippen LogP contribution is 2.31. The van der Waals surface area contributed by atoms with Gasteiger partial charge < -0.3 is 19.9 Å². The summed E-state index contributed by atoms with van der Waals surface area (Å²) >= 11 is 0. The molecule has 1 saturated carbocycles. The Labute approximate surface area is 171 Å². The third kappa shape index (κ3) is 4.79. The molecule has 7 nitrogen and oxygen atoms in total. The molecule has 29 heavy (non-hydrogen) atoms. The Morgan fingerprint density at radius 1 is 1.14 bits per heavy atom. The summed E-state index contributed by atoms with van der Waals surface area (Å²) in [6.45, 7) is 7.70. The molecular formula is C22H30N4O3. The van der Waals surface area contributed by atoms with Gasteiger partial charge in [0.25, 0.3) is 5.91 Å². The van der Waals surface area contributed by atoms with Gasteiger partial charge in [-0.05, 0) is 43.5 Å². The topological polar surface area (TPSA) is 75.6 Å². The molecule has 2 aromatic rings. The van der Waals surface area contributed by atoms with Crippen LogP contribution >= 0.6 is 0 Å². The first-order valence-corrected chi connectivity index (χ1v) is 10.7. The second kappa shape index (κ2) is 8.97. The number of nitrogens with zero attached hydrogens (tertiary/aromatic N) is 2. The van der Waals surface area contributed by atoms with E-state index in [2.05, 4.69) is 27.0 Å². The summed E-state index contributed by atoms with van der Waals surface area (Å²) in [7, 11) is 0. The monoisotopic (exact) mass is 398 g/mol. The van der Waals surface area contributed by atoms with E-state index < -0.39 is 0 Å². The molecule has 0 atom stereocenters. The lowest BCUT2D eigenvalue weighted by atomic mass is 10.2. The number of aromatic nitrogens is 1. The number of aryl methyl sites for hydroxylation is 1. The molecule has 156 valence electrons. The van der Waals surface area contributed by atoms with Crippen LogP contribution in [-0.4, -0.2) is 60.7 Å². The molecule has 4 rings (SSSR count). The van der Waals surface area contributed by atoms with Crippen LogP contribution in [0.2, 0.25) is 0 Å². The van der Waals surface area contributed by atoms with Crippen molar-refractivity contribution in [3.05, 3.63) is 30.0 Å². The summed E-state index contributed by atoms with van der Waals surface area (Å²) in [4.78, 5) is 27.2. The molecule has 0 unspecified atom stereocenters. The second-order valence-corrected chi connectivity index (χ2v) is 7.93. The second-order valence-electron chi connectivity index (χ2n) is 7.93. The van der Waals surface area contributed by atoms with Gasteiger partial charge in [0.1, 0.15) is 5.69 Å². The number of ether oxygens (including phenoxy) is 1. The maximum absolute atomic E-state index is 12.9. The molecule has 1 saturated heterocycles. The molecule has 1 aliphatic carbocycles. The number of carbonyl (C=O) groups excluding carboxylic acids is 2. The van der Waals surface area contributed by atoms with E-state index in [1.165, 1.54) is 0 Å². The van der Waals surface area contributed by atoms with Crippen LogP contribution in [-0.2, 0) is 16.1 Å². The van der Waals surface area contributed by atoms with Crippen molar-refractivity contribution in [2.24, 2.45) is 5.92 Å². The van der Waals surface area contributed by atoms with Crippen molar-refractivity contribution in [3.63, 3.8) is 0 Å². The number of nitrogens with one attached hydrogen (secondary N) is 2. The molecule has 0 bridgehead atoms. The average molecular weight is 399 g/mol. The molecule has 0 spiro atoms. The summed E-state index contributed by atoms with van der Waals surface area (Å²) in [6.07, 6.45) is 2.91. The summed E-state index contributed by atoms with van der Waals surface area (Å²) in [5, 5.41) is 7.03. The van der Waals surface area contributed by atoms with Gasteiger partial charge in [0.05, 0.1) is 13.2 Å². The number of anilines is 1. The lowest BCUT2D eigenvalue weighted by Crippen LogP contribution is -2.41. The van der Waals surface area contributed by atoms with E-state index in [0.29, 0.717) is 12.2 Å². The van der Waals surface area contributed by atoms with Gasteiger partial charge in [-0.1, -0.05) is 6.92 Å². The SMILES string of the molecule is CCCn1c(C(=O)NCCN2CCOCC2)cc2cc(NC(=O)C3CC3)ccc21. The number of rotatable bonds is 8. The Morgan fingerprint density at radius 3 is 2.66 bits per heavy atom. The van der Waals surface area contributed by atoms with Crippen LogP contribution < -0.4 is 10.6 Å². The molecule has 2 N–H and O–H groups in total. The van der Waals surface area contributed by atoms with E-state index in [1.807, 2.05) is 24.3 Å². The fourth-order valence-electron chi connectivity index (χ4n) is 3.83. The highest BCUT2D eigenvalue weighted by molar-refractivity contribution is 6.01. The summed E-state index contributed by atoms with van der Waals surface area (Å²) in [5.74, 6) is 0.216. The van der Waals surface area contributed by atoms with Gasteiger partial charge in [-0.25, -0.2) is 0 Å². The first kappa shape index (κ1) is 19.9. The Bertz CT molecular complexity index is 882. The van der Waals surface area contributed by atoms with Crippen LogP contribution in [0.15, 0.2) is 24.3 Å². The predicted octanol–water partition coefficient (Wildman–Crippen LogP) is 2.46. The minimum absolute atomic E-state index is 0.0496. The molecule has 2 amide bonds. The Balaban J connectivity index is 1.46. The fourth-order valence-corrected chi connectivity index (χ4v) is 3.83. The largest absolute Gasteiger partial charge is 0.379 e. The van der Waals surface area contributed by atoms with Crippen molar-refractivity contribution < 1.29 is 14.3 Å². The van der Waals surface area contributed by atoms with Crippen LogP contribution in [0.4, 0.5) is 5.69 Å². The predicted molar refractivity (Wildman–Crippen MR) is 113 cm³/mol. The molecule has 2 aliphatic rings. The van der Waals surface area contributed by atoms with E-state index >= 15 is 0 Å². The first-order valence-electron chi connectivity index (χ1n) is 10.7. The number of hydrogen-bond acceptors (Lipinski definition) is 4. The summed E-state index contributed by atoms with van der Waals surface area (Å²) < 4.78 is 7.44. The van der Waals surface area contributed by atoms with Gasteiger partial charge in [0, 0.05) is 55.2 Å². The third-order valence-corrected chi connectivity index (χ3v) is 5.61. The van der Waals surface area contributed by atoms with Crippen molar-refractivity contribution in [2.45, 2.75) is 32.7 Å². The quantitative estimate of drug-likeness (QED) is 0.716. The zero-order chi connectivity index (χ0) is 20.2. The average Bonchev–Trinajstić information content (AvgIpc) is 3.52. The van der Waals surface area contributed by atoms with Crippen LogP contribution in [0.3, 0.4) is 0 Å². The van der Waals surface area contributed by atoms with E-state index in [1.54, 1.807) is 0 Å². The van der Waals surface area contributed by atoms with Crippen LogP contribution in [0.25, 0.3) is 10.9 Å². The van der Waals surface area contributed by atoms with E-state index in [0.717, 1.165) is 75.2 Å². The zero-order valence-corrected chi connectivity index (χ0v) is 17.1. The maximum atomic E-state index is 12.9. The molecule has 2 heterocycles. The van der Waals surface area contributed by atoms with Crippen LogP contribution in [0.5, 0.6) is 0 Å². The number of fused-ring (bicyclic) bond motifs is 1. The molecular weight excluding hydrogens is 368 g/mol. The van der Waals surface area contributed by atoms with Gasteiger partial charge in [0.2, 0.25) is 5.91 Å². The highest BCUT2D eigenvalue weighted by atomic mass is 16.5. The number of morpholine rings is 1. The molecule has 1 aromatic heterocycles. The summed E-state index contributed by atoms with van der Waals surface area (Å²) in [5.41, 5.74) is 2.49. The molecule has 1 aromatic carbocycles. The van der Waals surface area contributed by atoms with E-state index in [-0.39, 0.29) is 17.7 Å². The van der Waals surface area contributed by atoms with E-state index in [4.69, 9.17) is 4.74 Å². The molecule has 7 heteroatoms. The lowest BCUT2D eigenvalue weighted by Gasteiger charge is -2.26. The van der Waals surface area contributed by atoms with Crippen molar-refractivity contribution in [3.8, 4) is 0 Å². The normalized spacial score (nSPS) is 17.4. The fraction of sp³-hybridized carbons (Fsp3) is 0.545. The van der Waals surface area contributed by atoms with E-state index in [9.17, 15) is 9.59 Å². The third-order valence-electron chi connectivity index (χ3n) is 5.61. The van der Waals surface area contributed by atoms with Crippen molar-refractivity contribution in [1.29, 1.82) is 0 Å². The minimum atomic E-state index is -0.0496. The smallest absolute Gasteiger partial charge is 0.267 e. The number of amides is 2. The Morgan fingerprint density at radius 2 is 1.93 bits per heavy atom. The number of hydrogen-bond donors (Lipinski definition) is 2. The maximum Gasteiger partial charge on any atom is 0.267 e. The first-order chi connectivity index (χ1) is 14.2. The van der Waals surface area contributed by atoms with Gasteiger partial charge in [0.15, 0.2) is 0 Å². The number of carbonyl (C=O) groups is 2. The Hall–Kier alpha value is -2.38. The molecule has 2 fully saturated rings. The molecule has 0 radical (unpaired) electrons. The van der Waals surface area contributed by atoms with Crippen LogP contribution in [0, 0.1) is 5.92 Å². The summed E-state index contributed by atoms with van der Waals surface area (Å²) in [6, 6.07) is 7.82. The molecule has 1 aliphatic heterocycles. The van der Waals surface area contributed by atoms with Gasteiger partial charge in [-0.15, -0.1) is 0 Å². The Kier molecular flexibility index (Phi) is 6.16. The van der Waals surface area contributed by atoms with Gasteiger partial charge in [-0.3, -0.25) is 14.5 Å². The number of benzene rings is 1. The minimum Gasteiger partial charge on any atom is -0.379 e. The lowest BCUT2D eigenvalue weighted by molar-refractivity contribution is -0.117. The zero-order valence-electron chi connectivity index (χ0n) is 17.1.